The Hall–Kier alpha value is -1.63. The van der Waals surface area contributed by atoms with Gasteiger partial charge in [0.25, 0.3) is 0 Å². The van der Waals surface area contributed by atoms with Gasteiger partial charge in [0, 0.05) is 6.07 Å². The first-order valence-corrected chi connectivity index (χ1v) is 5.90. The third-order valence-corrected chi connectivity index (χ3v) is 2.43. The van der Waals surface area contributed by atoms with Gasteiger partial charge >= 0.3 is 11.7 Å². The summed E-state index contributed by atoms with van der Waals surface area (Å²) in [6, 6.07) is 2.51. The number of benzene rings is 1. The highest BCUT2D eigenvalue weighted by atomic mass is 79.9. The quantitative estimate of drug-likeness (QED) is 0.485. The molecule has 0 heterocycles. The highest BCUT2D eigenvalue weighted by Crippen LogP contribution is 2.36. The number of nitrogens with zero attached hydrogens (tertiary/aromatic N) is 1. The predicted molar refractivity (Wildman–Crippen MR) is 70.0 cm³/mol. The lowest BCUT2D eigenvalue weighted by molar-refractivity contribution is -0.385. The van der Waals surface area contributed by atoms with E-state index in [0.717, 1.165) is 6.07 Å². The average Bonchev–Trinajstić information content (AvgIpc) is 2.38. The summed E-state index contributed by atoms with van der Waals surface area (Å²) < 4.78 is 9.67. The second-order valence-corrected chi connectivity index (χ2v) is 3.61. The molecule has 0 aliphatic carbocycles. The average molecular weight is 320 g/mol. The van der Waals surface area contributed by atoms with E-state index in [1.807, 2.05) is 13.8 Å². The van der Waals surface area contributed by atoms with E-state index in [-0.39, 0.29) is 17.0 Å². The standard InChI is InChI=1S/C9H8BrNO5.C2H6/c1-15-8-6(10)3-5(9(12)16-2)4-7(8)11(13)14;1-2/h3-4H,1-2H3;1-2H3. The molecule has 1 aromatic carbocycles. The number of halogens is 1. The van der Waals surface area contributed by atoms with Crippen molar-refractivity contribution >= 4 is 27.6 Å². The molecule has 0 spiro atoms. The van der Waals surface area contributed by atoms with Crippen molar-refractivity contribution in [1.29, 1.82) is 0 Å². The number of nitro groups is 1. The first kappa shape index (κ1) is 16.4. The van der Waals surface area contributed by atoms with Crippen LogP contribution in [0.2, 0.25) is 0 Å². The smallest absolute Gasteiger partial charge is 0.338 e. The Morgan fingerprint density at radius 2 is 1.89 bits per heavy atom. The molecule has 0 aliphatic heterocycles. The molecule has 7 heteroatoms. The Labute approximate surface area is 113 Å². The van der Waals surface area contributed by atoms with Crippen LogP contribution in [-0.4, -0.2) is 25.1 Å². The fraction of sp³-hybridized carbons (Fsp3) is 0.364. The maximum Gasteiger partial charge on any atom is 0.338 e. The van der Waals surface area contributed by atoms with Gasteiger partial charge in [0.1, 0.15) is 0 Å². The van der Waals surface area contributed by atoms with Gasteiger partial charge in [-0.1, -0.05) is 13.8 Å². The highest BCUT2D eigenvalue weighted by molar-refractivity contribution is 9.10. The van der Waals surface area contributed by atoms with Gasteiger partial charge in [-0.2, -0.15) is 0 Å². The van der Waals surface area contributed by atoms with Gasteiger partial charge in [-0.3, -0.25) is 10.1 Å². The van der Waals surface area contributed by atoms with E-state index in [9.17, 15) is 14.9 Å². The Bertz CT molecular complexity index is 447. The number of nitro benzene ring substituents is 1. The molecule has 0 bridgehead atoms. The van der Waals surface area contributed by atoms with Crippen molar-refractivity contribution < 1.29 is 19.2 Å². The normalized spacial score (nSPS) is 8.94. The summed E-state index contributed by atoms with van der Waals surface area (Å²) in [5.74, 6) is -0.580. The van der Waals surface area contributed by atoms with Crippen molar-refractivity contribution in [2.75, 3.05) is 14.2 Å². The SMILES string of the molecule is CC.COC(=O)c1cc(Br)c(OC)c([N+](=O)[O-])c1. The minimum Gasteiger partial charge on any atom is -0.489 e. The number of rotatable bonds is 3. The summed E-state index contributed by atoms with van der Waals surface area (Å²) in [6.45, 7) is 4.00. The monoisotopic (exact) mass is 319 g/mol. The Morgan fingerprint density at radius 3 is 2.28 bits per heavy atom. The lowest BCUT2D eigenvalue weighted by Gasteiger charge is -2.06. The van der Waals surface area contributed by atoms with Crippen LogP contribution in [0.5, 0.6) is 5.75 Å². The third kappa shape index (κ3) is 3.69. The van der Waals surface area contributed by atoms with Crippen LogP contribution in [0.4, 0.5) is 5.69 Å². The van der Waals surface area contributed by atoms with Crippen LogP contribution >= 0.6 is 15.9 Å². The summed E-state index contributed by atoms with van der Waals surface area (Å²) >= 11 is 3.09. The Kier molecular flexibility index (Phi) is 6.96. The van der Waals surface area contributed by atoms with Crippen molar-refractivity contribution in [2.45, 2.75) is 13.8 Å². The second-order valence-electron chi connectivity index (χ2n) is 2.76. The summed E-state index contributed by atoms with van der Waals surface area (Å²) in [4.78, 5) is 21.4. The molecule has 0 aromatic heterocycles. The van der Waals surface area contributed by atoms with Crippen LogP contribution in [-0.2, 0) is 4.74 Å². The zero-order valence-electron chi connectivity index (χ0n) is 10.5. The van der Waals surface area contributed by atoms with Gasteiger partial charge < -0.3 is 9.47 Å². The molecule has 1 aromatic rings. The molecule has 0 fully saturated rings. The van der Waals surface area contributed by atoms with E-state index in [1.165, 1.54) is 20.3 Å². The molecular weight excluding hydrogens is 306 g/mol. The summed E-state index contributed by atoms with van der Waals surface area (Å²) in [6.07, 6.45) is 0. The van der Waals surface area contributed by atoms with Crippen molar-refractivity contribution in [3.05, 3.63) is 32.3 Å². The van der Waals surface area contributed by atoms with E-state index < -0.39 is 10.9 Å². The van der Waals surface area contributed by atoms with Crippen molar-refractivity contribution in [3.8, 4) is 5.75 Å². The van der Waals surface area contributed by atoms with Gasteiger partial charge in [-0.25, -0.2) is 4.79 Å². The lowest BCUT2D eigenvalue weighted by atomic mass is 10.2. The zero-order valence-corrected chi connectivity index (χ0v) is 12.1. The van der Waals surface area contributed by atoms with Crippen LogP contribution < -0.4 is 4.74 Å². The molecule has 1 rings (SSSR count). The second kappa shape index (κ2) is 7.65. The molecule has 100 valence electrons. The fourth-order valence-electron chi connectivity index (χ4n) is 1.15. The zero-order chi connectivity index (χ0) is 14.3. The first-order valence-electron chi connectivity index (χ1n) is 5.11. The van der Waals surface area contributed by atoms with Crippen molar-refractivity contribution in [3.63, 3.8) is 0 Å². The number of methoxy groups -OCH3 is 2. The number of ether oxygens (including phenoxy) is 2. The van der Waals surface area contributed by atoms with Crippen molar-refractivity contribution in [2.24, 2.45) is 0 Å². The molecule has 0 radical (unpaired) electrons. The summed E-state index contributed by atoms with van der Waals surface area (Å²) in [5.41, 5.74) is -0.209. The van der Waals surface area contributed by atoms with E-state index in [0.29, 0.717) is 4.47 Å². The lowest BCUT2D eigenvalue weighted by Crippen LogP contribution is -2.03. The van der Waals surface area contributed by atoms with Gasteiger partial charge in [-0.15, -0.1) is 0 Å². The minimum absolute atomic E-state index is 0.0673. The fourth-order valence-corrected chi connectivity index (χ4v) is 1.76. The molecule has 0 aliphatic rings. The molecule has 0 atom stereocenters. The van der Waals surface area contributed by atoms with Crippen LogP contribution in [0.1, 0.15) is 24.2 Å². The number of hydrogen-bond acceptors (Lipinski definition) is 5. The van der Waals surface area contributed by atoms with Crippen LogP contribution in [0.15, 0.2) is 16.6 Å². The molecular formula is C11H14BrNO5. The molecule has 0 N–H and O–H groups in total. The molecule has 0 saturated heterocycles. The van der Waals surface area contributed by atoms with Crippen LogP contribution in [0.3, 0.4) is 0 Å². The maximum absolute atomic E-state index is 11.2. The van der Waals surface area contributed by atoms with Crippen LogP contribution in [0, 0.1) is 10.1 Å². The first-order chi connectivity index (χ1) is 8.51. The summed E-state index contributed by atoms with van der Waals surface area (Å²) in [7, 11) is 2.51. The van der Waals surface area contributed by atoms with Gasteiger partial charge in [0.15, 0.2) is 0 Å². The van der Waals surface area contributed by atoms with Gasteiger partial charge in [-0.05, 0) is 22.0 Å². The van der Waals surface area contributed by atoms with Gasteiger partial charge in [0.05, 0.1) is 29.2 Å². The maximum atomic E-state index is 11.2. The number of hydrogen-bond donors (Lipinski definition) is 0. The van der Waals surface area contributed by atoms with E-state index in [1.54, 1.807) is 0 Å². The molecule has 6 nitrogen and oxygen atoms in total. The third-order valence-electron chi connectivity index (χ3n) is 1.85. The van der Waals surface area contributed by atoms with Crippen LogP contribution in [0.25, 0.3) is 0 Å². The van der Waals surface area contributed by atoms with Gasteiger partial charge in [0.2, 0.25) is 5.75 Å². The molecule has 0 saturated carbocycles. The topological polar surface area (TPSA) is 78.7 Å². The molecule has 0 amide bonds. The number of carbonyl (C=O) groups excluding carboxylic acids is 1. The number of esters is 1. The highest BCUT2D eigenvalue weighted by Gasteiger charge is 2.22. The summed E-state index contributed by atoms with van der Waals surface area (Å²) in [5, 5.41) is 10.7. The Morgan fingerprint density at radius 1 is 1.33 bits per heavy atom. The largest absolute Gasteiger partial charge is 0.489 e. The predicted octanol–water partition coefficient (Wildman–Crippen LogP) is 3.18. The number of carbonyl (C=O) groups is 1. The minimum atomic E-state index is -0.647. The van der Waals surface area contributed by atoms with E-state index in [4.69, 9.17) is 4.74 Å². The van der Waals surface area contributed by atoms with E-state index >= 15 is 0 Å². The van der Waals surface area contributed by atoms with Crippen molar-refractivity contribution in [1.82, 2.24) is 0 Å². The Balaban J connectivity index is 0.00000137. The van der Waals surface area contributed by atoms with E-state index in [2.05, 4.69) is 20.7 Å². The molecule has 18 heavy (non-hydrogen) atoms. The molecule has 0 unspecified atom stereocenters.